The molecule has 5 rings (SSSR count). The average molecular weight is 543 g/mol. The van der Waals surface area contributed by atoms with Gasteiger partial charge >= 0.3 is 134 Å². The second-order valence-corrected chi connectivity index (χ2v) is 21.7. The van der Waals surface area contributed by atoms with Gasteiger partial charge in [-0.15, -0.1) is 0 Å². The number of hydrogen-bond donors (Lipinski definition) is 1. The Bertz CT molecular complexity index is 813. The van der Waals surface area contributed by atoms with Crippen molar-refractivity contribution >= 4 is 36.8 Å². The van der Waals surface area contributed by atoms with E-state index in [-0.39, 0.29) is 5.69 Å². The van der Waals surface area contributed by atoms with Gasteiger partial charge in [-0.2, -0.15) is 0 Å². The molecule has 0 atom stereocenters. The quantitative estimate of drug-likeness (QED) is 0.405. The van der Waals surface area contributed by atoms with E-state index in [0.717, 1.165) is 0 Å². The third kappa shape index (κ3) is 6.45. The monoisotopic (exact) mass is 544 g/mol. The van der Waals surface area contributed by atoms with Crippen LogP contribution in [-0.4, -0.2) is 40.8 Å². The van der Waals surface area contributed by atoms with E-state index in [1.54, 1.807) is 115 Å². The molecule has 0 radical (unpaired) electrons. The van der Waals surface area contributed by atoms with Gasteiger partial charge in [0, 0.05) is 0 Å². The van der Waals surface area contributed by atoms with E-state index in [9.17, 15) is 4.79 Å². The molecule has 0 saturated heterocycles. The summed E-state index contributed by atoms with van der Waals surface area (Å²) in [6, 6.07) is 7.14. The summed E-state index contributed by atoms with van der Waals surface area (Å²) < 4.78 is 4.00. The smallest absolute Gasteiger partial charge is 0.356 e. The van der Waals surface area contributed by atoms with Crippen molar-refractivity contribution in [3.63, 3.8) is 0 Å². The molecule has 0 unspecified atom stereocenters. The Morgan fingerprint density at radius 3 is 1.59 bits per heavy atom. The molecule has 4 nitrogen and oxygen atoms in total. The molecule has 3 fully saturated rings. The number of aromatic nitrogens is 2. The molecule has 1 aromatic carbocycles. The zero-order chi connectivity index (χ0) is 22.2. The van der Waals surface area contributed by atoms with Crippen LogP contribution >= 0.6 is 0 Å². The second-order valence-electron chi connectivity index (χ2n) is 10.3. The fourth-order valence-electron chi connectivity index (χ4n) is 6.77. The number of carbonyl (C=O) groups is 1. The van der Waals surface area contributed by atoms with E-state index in [1.165, 1.54) is 18.0 Å². The second kappa shape index (κ2) is 12.3. The molecule has 3 aliphatic rings. The summed E-state index contributed by atoms with van der Waals surface area (Å²) in [5, 5.41) is 8.64. The molecule has 5 heteroatoms. The van der Waals surface area contributed by atoms with Gasteiger partial charge in [0.1, 0.15) is 0 Å². The van der Waals surface area contributed by atoms with Crippen molar-refractivity contribution in [1.29, 1.82) is 0 Å². The third-order valence-electron chi connectivity index (χ3n) is 8.25. The number of aromatic carboxylic acids is 1. The fourth-order valence-corrected chi connectivity index (χ4v) is 24.0. The van der Waals surface area contributed by atoms with Crippen molar-refractivity contribution in [2.75, 3.05) is 0 Å². The van der Waals surface area contributed by atoms with Gasteiger partial charge in [0.05, 0.1) is 17.2 Å². The molecule has 0 amide bonds. The number of para-hydroxylation sites is 2. The predicted molar refractivity (Wildman–Crippen MR) is 134 cm³/mol. The topological polar surface area (TPSA) is 63.1 Å². The number of carboxylic acid groups (broad SMARTS) is 1. The first-order chi connectivity index (χ1) is 15.7. The fraction of sp³-hybridized carbons (Fsp3) is 0.667. The Hall–Kier alpha value is -1.17. The first-order valence-corrected chi connectivity index (χ1v) is 18.9. The maximum atomic E-state index is 10.5. The van der Waals surface area contributed by atoms with Gasteiger partial charge in [-0.05, 0) is 12.1 Å². The van der Waals surface area contributed by atoms with Crippen molar-refractivity contribution < 1.29 is 9.90 Å². The summed E-state index contributed by atoms with van der Waals surface area (Å²) in [7, 11) is 0. The zero-order valence-corrected chi connectivity index (χ0v) is 22.8. The maximum absolute atomic E-state index is 10.5. The Morgan fingerprint density at radius 2 is 1.16 bits per heavy atom. The Morgan fingerprint density at radius 1 is 0.719 bits per heavy atom. The number of rotatable bonds is 4. The molecule has 32 heavy (non-hydrogen) atoms. The Balaban J connectivity index is 0.000000165. The average Bonchev–Trinajstić information content (AvgIpc) is 2.86. The molecule has 0 aliphatic heterocycles. The minimum Gasteiger partial charge on any atom is -0.476 e. The van der Waals surface area contributed by atoms with Gasteiger partial charge in [-0.3, -0.25) is 4.98 Å². The molecule has 174 valence electrons. The molecule has 0 bridgehead atoms. The molecule has 1 heterocycles. The van der Waals surface area contributed by atoms with Crippen molar-refractivity contribution in [2.45, 2.75) is 108 Å². The van der Waals surface area contributed by atoms with E-state index in [2.05, 4.69) is 9.97 Å². The van der Waals surface area contributed by atoms with E-state index < -0.39 is 25.7 Å². The summed E-state index contributed by atoms with van der Waals surface area (Å²) in [5.41, 5.74) is 1.27. The third-order valence-corrected chi connectivity index (χ3v) is 23.3. The van der Waals surface area contributed by atoms with Crippen molar-refractivity contribution in [1.82, 2.24) is 9.97 Å². The molecule has 1 N–H and O–H groups in total. The van der Waals surface area contributed by atoms with Gasteiger partial charge in [-0.1, -0.05) is 12.1 Å². The van der Waals surface area contributed by atoms with E-state index >= 15 is 0 Å². The summed E-state index contributed by atoms with van der Waals surface area (Å²) in [6.45, 7) is 0. The molecule has 3 aliphatic carbocycles. The van der Waals surface area contributed by atoms with Crippen LogP contribution in [0.1, 0.15) is 107 Å². The minimum absolute atomic E-state index is 0.0290. The van der Waals surface area contributed by atoms with E-state index in [4.69, 9.17) is 5.11 Å². The zero-order valence-electron chi connectivity index (χ0n) is 19.6. The number of nitrogens with zero attached hydrogens (tertiary/aromatic N) is 2. The van der Waals surface area contributed by atoms with Gasteiger partial charge < -0.3 is 5.11 Å². The number of benzene rings is 1. The molecule has 1 aromatic heterocycles. The van der Waals surface area contributed by atoms with Crippen LogP contribution in [-0.2, 0) is 0 Å². The normalized spacial score (nSPS) is 21.3. The van der Waals surface area contributed by atoms with Crippen LogP contribution in [0.3, 0.4) is 0 Å². The van der Waals surface area contributed by atoms with Gasteiger partial charge in [0.2, 0.25) is 0 Å². The number of hydrogen-bond acceptors (Lipinski definition) is 3. The Labute approximate surface area is 200 Å². The largest absolute Gasteiger partial charge is 0.476 e. The molecule has 2 aromatic rings. The SMILES string of the molecule is C1CC[CH]([SnH]([CH]2CCCCC2)[CH]2CCCCC2)CC1.O=C(O)c1cnc2ccccc2n1. The molecule has 3 saturated carbocycles. The first kappa shape index (κ1) is 24.0. The number of fused-ring (bicyclic) bond motifs is 1. The van der Waals surface area contributed by atoms with Crippen molar-refractivity contribution in [2.24, 2.45) is 0 Å². The minimum atomic E-state index is -1.31. The predicted octanol–water partition coefficient (Wildman–Crippen LogP) is 7.54. The molecular weight excluding hydrogens is 503 g/mol. The van der Waals surface area contributed by atoms with E-state index in [1.807, 2.05) is 6.07 Å². The van der Waals surface area contributed by atoms with Crippen LogP contribution in [0, 0.1) is 0 Å². The van der Waals surface area contributed by atoms with Crippen molar-refractivity contribution in [3.8, 4) is 0 Å². The van der Waals surface area contributed by atoms with Crippen molar-refractivity contribution in [3.05, 3.63) is 36.2 Å². The van der Waals surface area contributed by atoms with Crippen LogP contribution in [0.5, 0.6) is 0 Å². The van der Waals surface area contributed by atoms with Crippen LogP contribution < -0.4 is 0 Å². The summed E-state index contributed by atoms with van der Waals surface area (Å²) in [6.07, 6.45) is 25.5. The van der Waals surface area contributed by atoms with Gasteiger partial charge in [0.25, 0.3) is 0 Å². The standard InChI is InChI=1S/C9H6N2O2.3C6H11.Sn.H/c12-9(13)8-5-10-6-3-1-2-4-7(6)11-8;3*1-2-4-6-5-3-1;;/h1-5H,(H,12,13);3*1H,2-6H2;;. The maximum Gasteiger partial charge on any atom is 0.356 e. The molecule has 0 spiro atoms. The van der Waals surface area contributed by atoms with Crippen LogP contribution in [0.15, 0.2) is 30.5 Å². The summed E-state index contributed by atoms with van der Waals surface area (Å²) in [4.78, 5) is 18.4. The van der Waals surface area contributed by atoms with Crippen LogP contribution in [0.4, 0.5) is 0 Å². The summed E-state index contributed by atoms with van der Waals surface area (Å²) >= 11 is -1.31. The molecular formula is C27H40N2O2Sn. The Kier molecular flexibility index (Phi) is 9.24. The summed E-state index contributed by atoms with van der Waals surface area (Å²) in [5.74, 6) is -1.06. The van der Waals surface area contributed by atoms with Crippen LogP contribution in [0.2, 0.25) is 11.8 Å². The van der Waals surface area contributed by atoms with E-state index in [0.29, 0.717) is 11.0 Å². The van der Waals surface area contributed by atoms with Gasteiger partial charge in [-0.25, -0.2) is 9.78 Å². The van der Waals surface area contributed by atoms with Crippen LogP contribution in [0.25, 0.3) is 11.0 Å². The van der Waals surface area contributed by atoms with Gasteiger partial charge in [0.15, 0.2) is 5.69 Å². The first-order valence-electron chi connectivity index (χ1n) is 13.2. The number of carboxylic acids is 1.